The van der Waals surface area contributed by atoms with Crippen molar-refractivity contribution in [2.75, 3.05) is 19.8 Å². The van der Waals surface area contributed by atoms with Crippen LogP contribution in [0.3, 0.4) is 0 Å². The van der Waals surface area contributed by atoms with Gasteiger partial charge in [-0.25, -0.2) is 13.2 Å². The first kappa shape index (κ1) is 15.3. The van der Waals surface area contributed by atoms with E-state index in [1.165, 1.54) is 0 Å². The zero-order valence-corrected chi connectivity index (χ0v) is 11.2. The summed E-state index contributed by atoms with van der Waals surface area (Å²) in [7, 11) is 0. The van der Waals surface area contributed by atoms with E-state index in [1.54, 1.807) is 6.92 Å². The van der Waals surface area contributed by atoms with Gasteiger partial charge in [0.1, 0.15) is 11.7 Å². The Labute approximate surface area is 115 Å². The molecule has 0 aliphatic carbocycles. The lowest BCUT2D eigenvalue weighted by molar-refractivity contribution is -0.168. The summed E-state index contributed by atoms with van der Waals surface area (Å²) in [6.45, 7) is 2.80. The highest BCUT2D eigenvalue weighted by Gasteiger charge is 2.42. The summed E-state index contributed by atoms with van der Waals surface area (Å²) in [5.41, 5.74) is -1.32. The van der Waals surface area contributed by atoms with E-state index in [4.69, 9.17) is 9.47 Å². The predicted octanol–water partition coefficient (Wildman–Crippen LogP) is 2.72. The first-order valence-electron chi connectivity index (χ1n) is 6.55. The molecular formula is C14H17F3O3. The highest BCUT2D eigenvalue weighted by Crippen LogP contribution is 2.39. The Kier molecular flexibility index (Phi) is 4.67. The molecule has 0 bridgehead atoms. The first-order chi connectivity index (χ1) is 9.52. The minimum Gasteiger partial charge on any atom is -0.385 e. The van der Waals surface area contributed by atoms with Gasteiger partial charge in [0.2, 0.25) is 0 Å². The van der Waals surface area contributed by atoms with Gasteiger partial charge < -0.3 is 14.6 Å². The normalized spacial score (nSPS) is 19.9. The Morgan fingerprint density at radius 2 is 1.90 bits per heavy atom. The number of hydrogen-bond acceptors (Lipinski definition) is 3. The first-order valence-corrected chi connectivity index (χ1v) is 6.55. The van der Waals surface area contributed by atoms with Crippen LogP contribution in [0.15, 0.2) is 12.1 Å². The highest BCUT2D eigenvalue weighted by molar-refractivity contribution is 5.25. The zero-order chi connectivity index (χ0) is 14.8. The number of aliphatic hydroxyl groups excluding tert-OH is 1. The second-order valence-corrected chi connectivity index (χ2v) is 4.78. The Bertz CT molecular complexity index is 467. The standard InChI is InChI=1S/C14H17F3O3/c1-2-20-14(5-7-19-8-6-14)13(18)9-3-4-10(15)12(17)11(9)16/h3-4,13,18H,2,5-8H2,1H3. The fourth-order valence-electron chi connectivity index (χ4n) is 2.54. The fraction of sp³-hybridized carbons (Fsp3) is 0.571. The van der Waals surface area contributed by atoms with E-state index < -0.39 is 29.2 Å². The molecule has 20 heavy (non-hydrogen) atoms. The molecule has 1 heterocycles. The molecule has 6 heteroatoms. The van der Waals surface area contributed by atoms with Gasteiger partial charge in [-0.1, -0.05) is 6.07 Å². The van der Waals surface area contributed by atoms with Crippen LogP contribution in [0.2, 0.25) is 0 Å². The minimum absolute atomic E-state index is 0.292. The van der Waals surface area contributed by atoms with Crippen LogP contribution in [0.4, 0.5) is 13.2 Å². The summed E-state index contributed by atoms with van der Waals surface area (Å²) in [6.07, 6.45) is -0.651. The smallest absolute Gasteiger partial charge is 0.194 e. The maximum atomic E-state index is 13.8. The van der Waals surface area contributed by atoms with Gasteiger partial charge in [0.05, 0.1) is 0 Å². The van der Waals surface area contributed by atoms with Crippen LogP contribution in [-0.2, 0) is 9.47 Å². The lowest BCUT2D eigenvalue weighted by atomic mass is 9.84. The lowest BCUT2D eigenvalue weighted by Crippen LogP contribution is -2.45. The van der Waals surface area contributed by atoms with Gasteiger partial charge in [0.15, 0.2) is 17.5 Å². The Morgan fingerprint density at radius 1 is 1.25 bits per heavy atom. The van der Waals surface area contributed by atoms with Crippen molar-refractivity contribution in [1.82, 2.24) is 0 Å². The average molecular weight is 290 g/mol. The van der Waals surface area contributed by atoms with E-state index in [2.05, 4.69) is 0 Å². The molecule has 1 unspecified atom stereocenters. The van der Waals surface area contributed by atoms with Crippen LogP contribution in [0.5, 0.6) is 0 Å². The number of rotatable bonds is 4. The number of aliphatic hydroxyl groups is 1. The molecule has 1 saturated heterocycles. The molecule has 1 fully saturated rings. The van der Waals surface area contributed by atoms with Gasteiger partial charge in [0, 0.05) is 38.2 Å². The molecule has 1 aliphatic rings. The quantitative estimate of drug-likeness (QED) is 0.867. The molecular weight excluding hydrogens is 273 g/mol. The summed E-state index contributed by atoms with van der Waals surface area (Å²) in [4.78, 5) is 0. The van der Waals surface area contributed by atoms with E-state index in [1.807, 2.05) is 0 Å². The number of hydrogen-bond donors (Lipinski definition) is 1. The maximum Gasteiger partial charge on any atom is 0.194 e. The minimum atomic E-state index is -1.58. The van der Waals surface area contributed by atoms with Crippen LogP contribution < -0.4 is 0 Å². The van der Waals surface area contributed by atoms with E-state index in [0.29, 0.717) is 32.7 Å². The molecule has 1 N–H and O–H groups in total. The van der Waals surface area contributed by atoms with Crippen molar-refractivity contribution in [1.29, 1.82) is 0 Å². The van der Waals surface area contributed by atoms with Crippen LogP contribution in [0.25, 0.3) is 0 Å². The van der Waals surface area contributed by atoms with Crippen molar-refractivity contribution >= 4 is 0 Å². The van der Waals surface area contributed by atoms with Crippen LogP contribution in [0.1, 0.15) is 31.4 Å². The van der Waals surface area contributed by atoms with Crippen molar-refractivity contribution < 1.29 is 27.8 Å². The summed E-state index contributed by atoms with van der Waals surface area (Å²) in [6, 6.07) is 1.85. The predicted molar refractivity (Wildman–Crippen MR) is 65.7 cm³/mol. The summed E-state index contributed by atoms with van der Waals surface area (Å²) < 4.78 is 50.9. The van der Waals surface area contributed by atoms with Gasteiger partial charge in [-0.15, -0.1) is 0 Å². The largest absolute Gasteiger partial charge is 0.385 e. The molecule has 1 atom stereocenters. The van der Waals surface area contributed by atoms with Crippen molar-refractivity contribution in [2.45, 2.75) is 31.5 Å². The van der Waals surface area contributed by atoms with E-state index in [0.717, 1.165) is 12.1 Å². The van der Waals surface area contributed by atoms with E-state index >= 15 is 0 Å². The van der Waals surface area contributed by atoms with Crippen LogP contribution >= 0.6 is 0 Å². The van der Waals surface area contributed by atoms with Crippen molar-refractivity contribution in [3.63, 3.8) is 0 Å². The Hall–Kier alpha value is -1.11. The van der Waals surface area contributed by atoms with Gasteiger partial charge in [-0.2, -0.15) is 0 Å². The summed E-state index contributed by atoms with van der Waals surface area (Å²) in [5.74, 6) is -4.24. The lowest BCUT2D eigenvalue weighted by Gasteiger charge is -2.40. The third kappa shape index (κ3) is 2.68. The van der Waals surface area contributed by atoms with Gasteiger partial charge >= 0.3 is 0 Å². The van der Waals surface area contributed by atoms with Gasteiger partial charge in [0.25, 0.3) is 0 Å². The third-order valence-corrected chi connectivity index (χ3v) is 3.63. The highest BCUT2D eigenvalue weighted by atomic mass is 19.2. The molecule has 3 nitrogen and oxygen atoms in total. The third-order valence-electron chi connectivity index (χ3n) is 3.63. The van der Waals surface area contributed by atoms with Crippen LogP contribution in [-0.4, -0.2) is 30.5 Å². The number of benzene rings is 1. The van der Waals surface area contributed by atoms with Gasteiger partial charge in [-0.05, 0) is 13.0 Å². The molecule has 0 spiro atoms. The topological polar surface area (TPSA) is 38.7 Å². The molecule has 0 radical (unpaired) electrons. The molecule has 1 aliphatic heterocycles. The van der Waals surface area contributed by atoms with E-state index in [9.17, 15) is 18.3 Å². The Balaban J connectivity index is 2.37. The molecule has 2 rings (SSSR count). The summed E-state index contributed by atoms with van der Waals surface area (Å²) in [5, 5.41) is 10.4. The SMILES string of the molecule is CCOC1(C(O)c2ccc(F)c(F)c2F)CCOCC1. The van der Waals surface area contributed by atoms with Crippen molar-refractivity contribution in [3.05, 3.63) is 35.1 Å². The van der Waals surface area contributed by atoms with Crippen molar-refractivity contribution in [3.8, 4) is 0 Å². The van der Waals surface area contributed by atoms with E-state index in [-0.39, 0.29) is 5.56 Å². The summed E-state index contributed by atoms with van der Waals surface area (Å²) >= 11 is 0. The molecule has 1 aromatic carbocycles. The molecule has 0 saturated carbocycles. The maximum absolute atomic E-state index is 13.8. The molecule has 1 aromatic rings. The monoisotopic (exact) mass is 290 g/mol. The average Bonchev–Trinajstić information content (AvgIpc) is 2.46. The van der Waals surface area contributed by atoms with Gasteiger partial charge in [-0.3, -0.25) is 0 Å². The van der Waals surface area contributed by atoms with Crippen molar-refractivity contribution in [2.24, 2.45) is 0 Å². The Morgan fingerprint density at radius 3 is 2.50 bits per heavy atom. The molecule has 112 valence electrons. The number of halogens is 3. The second-order valence-electron chi connectivity index (χ2n) is 4.78. The fourth-order valence-corrected chi connectivity index (χ4v) is 2.54. The second kappa shape index (κ2) is 6.11. The number of ether oxygens (including phenoxy) is 2. The molecule has 0 amide bonds. The molecule has 0 aromatic heterocycles. The van der Waals surface area contributed by atoms with Crippen LogP contribution in [0, 0.1) is 17.5 Å². The zero-order valence-electron chi connectivity index (χ0n) is 11.2.